The highest BCUT2D eigenvalue weighted by atomic mass is 15.3. The SMILES string of the molecule is CCNC(CCN1CCC2CCC(C1)N2C)C(C)(C)C. The van der Waals surface area contributed by atoms with Gasteiger partial charge in [0, 0.05) is 24.7 Å². The van der Waals surface area contributed by atoms with Gasteiger partial charge in [0.2, 0.25) is 0 Å². The van der Waals surface area contributed by atoms with Crippen LogP contribution in [0, 0.1) is 5.41 Å². The number of hydrogen-bond donors (Lipinski definition) is 1. The highest BCUT2D eigenvalue weighted by molar-refractivity contribution is 4.91. The Bertz CT molecular complexity index is 297. The molecule has 0 saturated carbocycles. The van der Waals surface area contributed by atoms with Gasteiger partial charge in [0.05, 0.1) is 0 Å². The lowest BCUT2D eigenvalue weighted by atomic mass is 9.84. The fourth-order valence-corrected chi connectivity index (χ4v) is 3.98. The summed E-state index contributed by atoms with van der Waals surface area (Å²) in [5, 5.41) is 3.68. The molecule has 0 amide bonds. The van der Waals surface area contributed by atoms with Crippen LogP contribution in [0.2, 0.25) is 0 Å². The first-order valence-corrected chi connectivity index (χ1v) is 8.59. The van der Waals surface area contributed by atoms with Crippen LogP contribution in [0.4, 0.5) is 0 Å². The van der Waals surface area contributed by atoms with Crippen molar-refractivity contribution in [1.29, 1.82) is 0 Å². The summed E-state index contributed by atoms with van der Waals surface area (Å²) >= 11 is 0. The molecule has 3 nitrogen and oxygen atoms in total. The molecule has 118 valence electrons. The van der Waals surface area contributed by atoms with Crippen LogP contribution in [0.3, 0.4) is 0 Å². The minimum Gasteiger partial charge on any atom is -0.314 e. The molecule has 1 N–H and O–H groups in total. The number of nitrogens with one attached hydrogen (secondary N) is 1. The Kier molecular flexibility index (Phi) is 5.49. The number of rotatable bonds is 5. The molecule has 3 atom stereocenters. The second-order valence-corrected chi connectivity index (χ2v) is 7.90. The molecule has 2 aliphatic rings. The van der Waals surface area contributed by atoms with Crippen LogP contribution in [-0.2, 0) is 0 Å². The molecule has 2 rings (SSSR count). The number of nitrogens with zero attached hydrogens (tertiary/aromatic N) is 2. The van der Waals surface area contributed by atoms with E-state index in [1.165, 1.54) is 45.3 Å². The van der Waals surface area contributed by atoms with E-state index in [0.29, 0.717) is 11.5 Å². The third kappa shape index (κ3) is 3.96. The van der Waals surface area contributed by atoms with Gasteiger partial charge < -0.3 is 10.2 Å². The highest BCUT2D eigenvalue weighted by Gasteiger charge is 2.34. The molecule has 2 heterocycles. The summed E-state index contributed by atoms with van der Waals surface area (Å²) in [5.74, 6) is 0. The summed E-state index contributed by atoms with van der Waals surface area (Å²) in [7, 11) is 2.34. The summed E-state index contributed by atoms with van der Waals surface area (Å²) < 4.78 is 0. The van der Waals surface area contributed by atoms with Crippen LogP contribution in [0.15, 0.2) is 0 Å². The fourth-order valence-electron chi connectivity index (χ4n) is 3.98. The summed E-state index contributed by atoms with van der Waals surface area (Å²) in [4.78, 5) is 5.36. The topological polar surface area (TPSA) is 18.5 Å². The van der Waals surface area contributed by atoms with E-state index in [9.17, 15) is 0 Å². The zero-order valence-corrected chi connectivity index (χ0v) is 14.3. The maximum Gasteiger partial charge on any atom is 0.0223 e. The standard InChI is InChI=1S/C17H35N3/c1-6-18-16(17(2,3)4)10-12-20-11-9-14-7-8-15(13-20)19(14)5/h14-16,18H,6-13H2,1-5H3. The van der Waals surface area contributed by atoms with E-state index < -0.39 is 0 Å². The minimum absolute atomic E-state index is 0.359. The molecule has 0 aromatic carbocycles. The first kappa shape index (κ1) is 16.3. The quantitative estimate of drug-likeness (QED) is 0.835. The summed E-state index contributed by atoms with van der Waals surface area (Å²) in [5.41, 5.74) is 0.359. The average molecular weight is 281 g/mol. The smallest absolute Gasteiger partial charge is 0.0223 e. The Morgan fingerprint density at radius 3 is 2.50 bits per heavy atom. The van der Waals surface area contributed by atoms with Gasteiger partial charge in [-0.2, -0.15) is 0 Å². The average Bonchev–Trinajstić information content (AvgIpc) is 2.59. The van der Waals surface area contributed by atoms with Gasteiger partial charge in [-0.15, -0.1) is 0 Å². The lowest BCUT2D eigenvalue weighted by Gasteiger charge is -2.34. The van der Waals surface area contributed by atoms with Crippen molar-refractivity contribution in [3.63, 3.8) is 0 Å². The van der Waals surface area contributed by atoms with Crippen LogP contribution in [0.5, 0.6) is 0 Å². The largest absolute Gasteiger partial charge is 0.314 e. The van der Waals surface area contributed by atoms with E-state index in [1.54, 1.807) is 0 Å². The van der Waals surface area contributed by atoms with Crippen molar-refractivity contribution < 1.29 is 0 Å². The van der Waals surface area contributed by atoms with Crippen LogP contribution in [-0.4, -0.2) is 61.2 Å². The van der Waals surface area contributed by atoms with Gasteiger partial charge in [-0.1, -0.05) is 27.7 Å². The van der Waals surface area contributed by atoms with Crippen molar-refractivity contribution in [2.45, 2.75) is 71.5 Å². The van der Waals surface area contributed by atoms with Gasteiger partial charge in [0.25, 0.3) is 0 Å². The number of hydrogen-bond acceptors (Lipinski definition) is 3. The maximum atomic E-state index is 3.68. The second-order valence-electron chi connectivity index (χ2n) is 7.90. The molecule has 2 fully saturated rings. The molecular weight excluding hydrogens is 246 g/mol. The molecule has 0 aromatic heterocycles. The Morgan fingerprint density at radius 1 is 1.15 bits per heavy atom. The van der Waals surface area contributed by atoms with E-state index in [0.717, 1.165) is 18.6 Å². The second kappa shape index (κ2) is 6.76. The molecule has 0 spiro atoms. The Balaban J connectivity index is 1.84. The number of likely N-dealkylation sites (N-methyl/N-ethyl adjacent to an activating group) is 1. The molecule has 2 saturated heterocycles. The van der Waals surface area contributed by atoms with E-state index in [4.69, 9.17) is 0 Å². The van der Waals surface area contributed by atoms with Crippen LogP contribution in [0.25, 0.3) is 0 Å². The third-order valence-corrected chi connectivity index (χ3v) is 5.46. The summed E-state index contributed by atoms with van der Waals surface area (Å²) in [6, 6.07) is 2.30. The van der Waals surface area contributed by atoms with Crippen molar-refractivity contribution in [2.75, 3.05) is 33.2 Å². The van der Waals surface area contributed by atoms with Gasteiger partial charge in [0.1, 0.15) is 0 Å². The Hall–Kier alpha value is -0.120. The van der Waals surface area contributed by atoms with Gasteiger partial charge >= 0.3 is 0 Å². The Labute approximate surface area is 126 Å². The first-order chi connectivity index (χ1) is 9.41. The number of likely N-dealkylation sites (tertiary alicyclic amines) is 1. The predicted octanol–water partition coefficient (Wildman–Crippen LogP) is 2.57. The minimum atomic E-state index is 0.359. The predicted molar refractivity (Wildman–Crippen MR) is 87.2 cm³/mol. The molecule has 0 aliphatic carbocycles. The van der Waals surface area contributed by atoms with Gasteiger partial charge in [-0.25, -0.2) is 0 Å². The van der Waals surface area contributed by atoms with Crippen LogP contribution >= 0.6 is 0 Å². The van der Waals surface area contributed by atoms with Crippen LogP contribution < -0.4 is 5.32 Å². The molecule has 3 heteroatoms. The third-order valence-electron chi connectivity index (χ3n) is 5.46. The Morgan fingerprint density at radius 2 is 1.85 bits per heavy atom. The molecule has 2 bridgehead atoms. The molecular formula is C17H35N3. The maximum absolute atomic E-state index is 3.68. The first-order valence-electron chi connectivity index (χ1n) is 8.59. The molecule has 2 aliphatic heterocycles. The van der Waals surface area contributed by atoms with Crippen LogP contribution in [0.1, 0.15) is 53.4 Å². The zero-order valence-electron chi connectivity index (χ0n) is 14.3. The van der Waals surface area contributed by atoms with Crippen molar-refractivity contribution >= 4 is 0 Å². The molecule has 0 radical (unpaired) electrons. The van der Waals surface area contributed by atoms with Gasteiger partial charge in [-0.05, 0) is 57.8 Å². The monoisotopic (exact) mass is 281 g/mol. The van der Waals surface area contributed by atoms with E-state index >= 15 is 0 Å². The van der Waals surface area contributed by atoms with Crippen molar-refractivity contribution in [3.8, 4) is 0 Å². The zero-order chi connectivity index (χ0) is 14.8. The lowest BCUT2D eigenvalue weighted by molar-refractivity contribution is 0.188. The van der Waals surface area contributed by atoms with E-state index in [-0.39, 0.29) is 0 Å². The van der Waals surface area contributed by atoms with Crippen molar-refractivity contribution in [3.05, 3.63) is 0 Å². The summed E-state index contributed by atoms with van der Waals surface area (Å²) in [6.45, 7) is 14.2. The van der Waals surface area contributed by atoms with Crippen molar-refractivity contribution in [2.24, 2.45) is 5.41 Å². The van der Waals surface area contributed by atoms with E-state index in [1.807, 2.05) is 0 Å². The molecule has 20 heavy (non-hydrogen) atoms. The summed E-state index contributed by atoms with van der Waals surface area (Å²) in [6.07, 6.45) is 5.48. The number of fused-ring (bicyclic) bond motifs is 2. The lowest BCUT2D eigenvalue weighted by Crippen LogP contribution is -2.44. The fraction of sp³-hybridized carbons (Fsp3) is 1.00. The highest BCUT2D eigenvalue weighted by Crippen LogP contribution is 2.29. The normalized spacial score (nSPS) is 30.4. The molecule has 0 aromatic rings. The van der Waals surface area contributed by atoms with Gasteiger partial charge in [0.15, 0.2) is 0 Å². The van der Waals surface area contributed by atoms with E-state index in [2.05, 4.69) is 49.9 Å². The van der Waals surface area contributed by atoms with Gasteiger partial charge in [-0.3, -0.25) is 4.90 Å². The molecule has 3 unspecified atom stereocenters. The van der Waals surface area contributed by atoms with Crippen molar-refractivity contribution in [1.82, 2.24) is 15.1 Å².